The fourth-order valence-corrected chi connectivity index (χ4v) is 3.56. The van der Waals surface area contributed by atoms with E-state index in [2.05, 4.69) is 22.9 Å². The number of nitrogens with one attached hydrogen (secondary N) is 3. The molecule has 0 aliphatic heterocycles. The van der Waals surface area contributed by atoms with Gasteiger partial charge in [0, 0.05) is 5.69 Å². The van der Waals surface area contributed by atoms with Crippen molar-refractivity contribution in [3.05, 3.63) is 54.1 Å². The number of methoxy groups -OCH3 is 1. The molecular formula is C24H30Cl3N3O3S. The van der Waals surface area contributed by atoms with Crippen LogP contribution >= 0.6 is 47.0 Å². The SMILES string of the molecule is CCCCCCOc1ccc(NC(=S)NC(NC(=O)Cc2ccc(OC)cc2)C(Cl)(Cl)Cl)cc1. The minimum absolute atomic E-state index is 0.100. The molecule has 1 atom stereocenters. The summed E-state index contributed by atoms with van der Waals surface area (Å²) < 4.78 is 9.03. The van der Waals surface area contributed by atoms with Crippen molar-refractivity contribution in [1.29, 1.82) is 0 Å². The van der Waals surface area contributed by atoms with Gasteiger partial charge in [0.25, 0.3) is 0 Å². The number of thiocarbonyl (C=S) groups is 1. The number of hydrogen-bond donors (Lipinski definition) is 3. The Labute approximate surface area is 221 Å². The molecule has 0 heterocycles. The Hall–Kier alpha value is -1.93. The lowest BCUT2D eigenvalue weighted by molar-refractivity contribution is -0.121. The Morgan fingerprint density at radius 1 is 0.971 bits per heavy atom. The van der Waals surface area contributed by atoms with Crippen molar-refractivity contribution < 1.29 is 14.3 Å². The lowest BCUT2D eigenvalue weighted by Crippen LogP contribution is -2.56. The summed E-state index contributed by atoms with van der Waals surface area (Å²) >= 11 is 23.5. The Bertz CT molecular complexity index is 906. The summed E-state index contributed by atoms with van der Waals surface area (Å²) in [5, 5.41) is 8.73. The molecule has 10 heteroatoms. The summed E-state index contributed by atoms with van der Waals surface area (Å²) in [6.07, 6.45) is 3.66. The van der Waals surface area contributed by atoms with Gasteiger partial charge in [-0.1, -0.05) is 73.1 Å². The fourth-order valence-electron chi connectivity index (χ4n) is 2.99. The van der Waals surface area contributed by atoms with Gasteiger partial charge in [0.1, 0.15) is 17.7 Å². The molecule has 3 N–H and O–H groups in total. The lowest BCUT2D eigenvalue weighted by atomic mass is 10.1. The van der Waals surface area contributed by atoms with E-state index in [0.29, 0.717) is 12.4 Å². The maximum atomic E-state index is 12.5. The summed E-state index contributed by atoms with van der Waals surface area (Å²) in [5.74, 6) is 1.15. The third kappa shape index (κ3) is 10.6. The molecule has 1 unspecified atom stereocenters. The highest BCUT2D eigenvalue weighted by Gasteiger charge is 2.34. The third-order valence-electron chi connectivity index (χ3n) is 4.81. The van der Waals surface area contributed by atoms with Crippen LogP contribution in [0.5, 0.6) is 11.5 Å². The van der Waals surface area contributed by atoms with Crippen molar-refractivity contribution in [3.63, 3.8) is 0 Å². The van der Waals surface area contributed by atoms with E-state index < -0.39 is 9.96 Å². The fraction of sp³-hybridized carbons (Fsp3) is 0.417. The van der Waals surface area contributed by atoms with Gasteiger partial charge in [-0.3, -0.25) is 4.79 Å². The molecule has 0 fully saturated rings. The van der Waals surface area contributed by atoms with Gasteiger partial charge in [0.05, 0.1) is 20.1 Å². The van der Waals surface area contributed by atoms with Gasteiger partial charge in [0.2, 0.25) is 9.70 Å². The van der Waals surface area contributed by atoms with Crippen LogP contribution in [0.25, 0.3) is 0 Å². The standard InChI is InChI=1S/C24H30Cl3N3O3S/c1-3-4-5-6-15-33-20-13-9-18(10-14-20)28-23(34)30-22(24(25,26)27)29-21(31)16-17-7-11-19(32-2)12-8-17/h7-14,22H,3-6,15-16H2,1-2H3,(H,29,31)(H2,28,30,34). The van der Waals surface area contributed by atoms with E-state index in [9.17, 15) is 4.79 Å². The number of alkyl halides is 3. The van der Waals surface area contributed by atoms with Crippen LogP contribution in [0, 0.1) is 0 Å². The number of anilines is 1. The summed E-state index contributed by atoms with van der Waals surface area (Å²) in [6, 6.07) is 14.5. The monoisotopic (exact) mass is 545 g/mol. The molecule has 0 saturated heterocycles. The first-order valence-corrected chi connectivity index (χ1v) is 12.5. The topological polar surface area (TPSA) is 71.6 Å². The predicted molar refractivity (Wildman–Crippen MR) is 144 cm³/mol. The van der Waals surface area contributed by atoms with Crippen LogP contribution in [-0.4, -0.2) is 34.7 Å². The van der Waals surface area contributed by atoms with Gasteiger partial charge in [-0.15, -0.1) is 0 Å². The molecule has 2 aromatic carbocycles. The van der Waals surface area contributed by atoms with Crippen LogP contribution in [0.1, 0.15) is 38.2 Å². The summed E-state index contributed by atoms with van der Waals surface area (Å²) in [5.41, 5.74) is 1.51. The number of benzene rings is 2. The van der Waals surface area contributed by atoms with Gasteiger partial charge in [-0.25, -0.2) is 0 Å². The highest BCUT2D eigenvalue weighted by Crippen LogP contribution is 2.29. The smallest absolute Gasteiger partial charge is 0.228 e. The van der Waals surface area contributed by atoms with E-state index in [1.54, 1.807) is 31.4 Å². The molecule has 2 rings (SSSR count). The molecule has 0 radical (unpaired) electrons. The first-order valence-electron chi connectivity index (χ1n) is 11.0. The van der Waals surface area contributed by atoms with Gasteiger partial charge in [-0.2, -0.15) is 0 Å². The number of rotatable bonds is 12. The van der Waals surface area contributed by atoms with Gasteiger partial charge >= 0.3 is 0 Å². The molecule has 6 nitrogen and oxygen atoms in total. The second-order valence-electron chi connectivity index (χ2n) is 7.60. The quantitative estimate of drug-likeness (QED) is 0.131. The Balaban J connectivity index is 1.86. The van der Waals surface area contributed by atoms with Gasteiger partial charge in [-0.05, 0) is 60.6 Å². The molecule has 0 aliphatic carbocycles. The van der Waals surface area contributed by atoms with Crippen molar-refractivity contribution in [2.24, 2.45) is 0 Å². The van der Waals surface area contributed by atoms with Crippen LogP contribution in [0.3, 0.4) is 0 Å². The second kappa shape index (κ2) is 14.5. The number of hydrogen-bond acceptors (Lipinski definition) is 4. The zero-order valence-corrected chi connectivity index (χ0v) is 22.3. The molecule has 34 heavy (non-hydrogen) atoms. The average molecular weight is 547 g/mol. The molecule has 0 aliphatic rings. The van der Waals surface area contributed by atoms with Crippen molar-refractivity contribution in [1.82, 2.24) is 10.6 Å². The largest absolute Gasteiger partial charge is 0.497 e. The number of amides is 1. The Morgan fingerprint density at radius 2 is 1.62 bits per heavy atom. The Morgan fingerprint density at radius 3 is 2.21 bits per heavy atom. The second-order valence-corrected chi connectivity index (χ2v) is 10.4. The molecule has 2 aromatic rings. The van der Waals surface area contributed by atoms with Gasteiger partial charge in [0.15, 0.2) is 5.11 Å². The van der Waals surface area contributed by atoms with E-state index in [1.807, 2.05) is 24.3 Å². The van der Waals surface area contributed by atoms with Crippen molar-refractivity contribution in [3.8, 4) is 11.5 Å². The van der Waals surface area contributed by atoms with Crippen molar-refractivity contribution >= 4 is 63.7 Å². The Kier molecular flexibility index (Phi) is 12.0. The van der Waals surface area contributed by atoms with Crippen molar-refractivity contribution in [2.45, 2.75) is 49.0 Å². The molecule has 0 saturated carbocycles. The zero-order chi connectivity index (χ0) is 25.0. The average Bonchev–Trinajstić information content (AvgIpc) is 2.79. The van der Waals surface area contributed by atoms with Crippen LogP contribution in [-0.2, 0) is 11.2 Å². The number of carbonyl (C=O) groups is 1. The predicted octanol–water partition coefficient (Wildman–Crippen LogP) is 6.00. The van der Waals surface area contributed by atoms with Crippen molar-refractivity contribution in [2.75, 3.05) is 19.0 Å². The normalized spacial score (nSPS) is 11.9. The van der Waals surface area contributed by atoms with E-state index in [4.69, 9.17) is 56.5 Å². The van der Waals surface area contributed by atoms with Crippen LogP contribution in [0.15, 0.2) is 48.5 Å². The van der Waals surface area contributed by atoms with E-state index >= 15 is 0 Å². The zero-order valence-electron chi connectivity index (χ0n) is 19.2. The number of ether oxygens (including phenoxy) is 2. The maximum Gasteiger partial charge on any atom is 0.228 e. The minimum atomic E-state index is -1.84. The van der Waals surface area contributed by atoms with E-state index in [0.717, 1.165) is 29.8 Å². The molecular weight excluding hydrogens is 517 g/mol. The van der Waals surface area contributed by atoms with Crippen LogP contribution < -0.4 is 25.4 Å². The van der Waals surface area contributed by atoms with Crippen LogP contribution in [0.2, 0.25) is 0 Å². The number of halogens is 3. The van der Waals surface area contributed by atoms with E-state index in [1.165, 1.54) is 12.8 Å². The molecule has 0 aromatic heterocycles. The highest BCUT2D eigenvalue weighted by molar-refractivity contribution is 7.80. The highest BCUT2D eigenvalue weighted by atomic mass is 35.6. The first kappa shape index (κ1) is 28.3. The lowest BCUT2D eigenvalue weighted by Gasteiger charge is -2.27. The first-order chi connectivity index (χ1) is 16.2. The molecule has 1 amide bonds. The molecule has 0 spiro atoms. The molecule has 0 bridgehead atoms. The maximum absolute atomic E-state index is 12.5. The number of unbranched alkanes of at least 4 members (excludes halogenated alkanes) is 3. The summed E-state index contributed by atoms with van der Waals surface area (Å²) in [7, 11) is 1.58. The minimum Gasteiger partial charge on any atom is -0.497 e. The van der Waals surface area contributed by atoms with Crippen LogP contribution in [0.4, 0.5) is 5.69 Å². The third-order valence-corrected chi connectivity index (χ3v) is 5.69. The summed E-state index contributed by atoms with van der Waals surface area (Å²) in [6.45, 7) is 2.87. The van der Waals surface area contributed by atoms with Gasteiger partial charge < -0.3 is 25.4 Å². The number of carbonyl (C=O) groups excluding carboxylic acids is 1. The molecule has 186 valence electrons. The van der Waals surface area contributed by atoms with E-state index in [-0.39, 0.29) is 17.4 Å². The summed E-state index contributed by atoms with van der Waals surface area (Å²) in [4.78, 5) is 12.5.